The molecule has 0 radical (unpaired) electrons. The van der Waals surface area contributed by atoms with Gasteiger partial charge in [-0.05, 0) is 77.9 Å². The molecule has 1 aliphatic heterocycles. The average molecular weight is 804 g/mol. The quantitative estimate of drug-likeness (QED) is 0.154. The third kappa shape index (κ3) is 5.23. The van der Waals surface area contributed by atoms with Crippen LogP contribution in [0, 0.1) is 0 Å². The fraction of sp³-hybridized carbons (Fsp3) is 0. The molecule has 12 aromatic rings. The molecule has 1 atom stereocenters. The molecule has 4 nitrogen and oxygen atoms in total. The SMILES string of the molecule is c1ccc(-c2ccc3c(n2)-c2ccccc2[N+]3(c2ccc(-c3cccc(-n4c5ccccc5c5ccccc54)c3)cc2)c2cccc(-n3c4ccccc4c4ccccc43)c2)cc1. The summed E-state index contributed by atoms with van der Waals surface area (Å²) in [5, 5.41) is 5.01. The summed E-state index contributed by atoms with van der Waals surface area (Å²) in [6.07, 6.45) is 0. The molecule has 0 saturated heterocycles. The van der Waals surface area contributed by atoms with E-state index < -0.39 is 0 Å². The van der Waals surface area contributed by atoms with Crippen molar-refractivity contribution in [2.45, 2.75) is 0 Å². The fourth-order valence-electron chi connectivity index (χ4n) is 10.4. The molecule has 1 unspecified atom stereocenters. The lowest BCUT2D eigenvalue weighted by molar-refractivity contribution is 0.719. The van der Waals surface area contributed by atoms with E-state index in [0.717, 1.165) is 62.1 Å². The second kappa shape index (κ2) is 13.9. The molecule has 9 aromatic carbocycles. The molecule has 4 heterocycles. The highest BCUT2D eigenvalue weighted by Crippen LogP contribution is 2.62. The Hall–Kier alpha value is -8.31. The molecule has 3 aromatic heterocycles. The lowest BCUT2D eigenvalue weighted by atomic mass is 10.0. The Morgan fingerprint density at radius 2 is 0.825 bits per heavy atom. The number of rotatable bonds is 6. The molecule has 0 fully saturated rings. The molecule has 4 heteroatoms. The van der Waals surface area contributed by atoms with E-state index in [2.05, 4.69) is 246 Å². The number of benzene rings is 9. The average Bonchev–Trinajstić information content (AvgIpc) is 3.99. The van der Waals surface area contributed by atoms with Crippen LogP contribution in [0.25, 0.3) is 88.6 Å². The first-order valence-corrected chi connectivity index (χ1v) is 21.6. The summed E-state index contributed by atoms with van der Waals surface area (Å²) >= 11 is 0. The van der Waals surface area contributed by atoms with Gasteiger partial charge in [-0.25, -0.2) is 4.98 Å². The van der Waals surface area contributed by atoms with Crippen LogP contribution >= 0.6 is 0 Å². The number of fused-ring (bicyclic) bond motifs is 9. The summed E-state index contributed by atoms with van der Waals surface area (Å²) in [5.74, 6) is 0. The highest BCUT2D eigenvalue weighted by molar-refractivity contribution is 6.10. The molecule has 13 rings (SSSR count). The number of pyridine rings is 1. The Kier molecular flexibility index (Phi) is 7.80. The zero-order valence-electron chi connectivity index (χ0n) is 34.3. The molecule has 0 spiro atoms. The molecule has 294 valence electrons. The van der Waals surface area contributed by atoms with E-state index in [-0.39, 0.29) is 0 Å². The monoisotopic (exact) mass is 803 g/mol. The van der Waals surface area contributed by atoms with Gasteiger partial charge in [0.25, 0.3) is 0 Å². The largest absolute Gasteiger partial charge is 0.309 e. The van der Waals surface area contributed by atoms with Gasteiger partial charge in [0.1, 0.15) is 17.1 Å². The highest BCUT2D eigenvalue weighted by atomic mass is 15.4. The molecule has 63 heavy (non-hydrogen) atoms. The Morgan fingerprint density at radius 1 is 0.317 bits per heavy atom. The first-order chi connectivity index (χ1) is 31.3. The van der Waals surface area contributed by atoms with Crippen LogP contribution in [0.15, 0.2) is 237 Å². The summed E-state index contributed by atoms with van der Waals surface area (Å²) in [6.45, 7) is 0. The van der Waals surface area contributed by atoms with E-state index in [9.17, 15) is 0 Å². The second-order valence-electron chi connectivity index (χ2n) is 16.5. The van der Waals surface area contributed by atoms with Crippen LogP contribution in [0.2, 0.25) is 0 Å². The molecule has 0 N–H and O–H groups in total. The molecule has 0 aliphatic carbocycles. The molecule has 0 bridgehead atoms. The van der Waals surface area contributed by atoms with E-state index in [1.807, 2.05) is 0 Å². The van der Waals surface area contributed by atoms with Crippen LogP contribution in [-0.2, 0) is 0 Å². The van der Waals surface area contributed by atoms with Gasteiger partial charge < -0.3 is 9.13 Å². The second-order valence-corrected chi connectivity index (χ2v) is 16.5. The van der Waals surface area contributed by atoms with Crippen molar-refractivity contribution in [2.24, 2.45) is 0 Å². The number of quaternary nitrogens is 1. The van der Waals surface area contributed by atoms with Crippen molar-refractivity contribution >= 4 is 66.4 Å². The fourth-order valence-corrected chi connectivity index (χ4v) is 10.4. The standard InChI is InChI=1S/C59H39N4/c1-2-16-41(17-3-1)52-36-37-58-59(60-52)51-26-8-13-31-57(51)63(58,46-21-15-20-44(39-46)62-55-29-11-6-24-49(55)50-25-7-12-30-56(50)62)45-34-32-40(33-35-45)42-18-14-19-43(38-42)61-53-27-9-4-22-47(53)48-23-5-10-28-54(48)61/h1-39H/q+1. The zero-order valence-corrected chi connectivity index (χ0v) is 34.3. The van der Waals surface area contributed by atoms with Crippen molar-refractivity contribution < 1.29 is 0 Å². The Balaban J connectivity index is 1.02. The van der Waals surface area contributed by atoms with Crippen molar-refractivity contribution in [1.29, 1.82) is 0 Å². The number of nitrogens with zero attached hydrogens (tertiary/aromatic N) is 4. The van der Waals surface area contributed by atoms with E-state index in [4.69, 9.17) is 4.98 Å². The van der Waals surface area contributed by atoms with E-state index in [1.165, 1.54) is 49.3 Å². The molecule has 1 aliphatic rings. The van der Waals surface area contributed by atoms with Gasteiger partial charge in [-0.1, -0.05) is 133 Å². The van der Waals surface area contributed by atoms with Gasteiger partial charge in [0.15, 0.2) is 11.4 Å². The van der Waals surface area contributed by atoms with Crippen LogP contribution in [-0.4, -0.2) is 14.1 Å². The van der Waals surface area contributed by atoms with Crippen LogP contribution < -0.4 is 4.48 Å². The molecule has 0 amide bonds. The zero-order chi connectivity index (χ0) is 41.5. The van der Waals surface area contributed by atoms with E-state index >= 15 is 0 Å². The predicted octanol–water partition coefficient (Wildman–Crippen LogP) is 15.9. The maximum absolute atomic E-state index is 5.48. The summed E-state index contributed by atoms with van der Waals surface area (Å²) in [7, 11) is 0. The predicted molar refractivity (Wildman–Crippen MR) is 263 cm³/mol. The minimum atomic E-state index is 0.389. The Morgan fingerprint density at radius 3 is 1.44 bits per heavy atom. The van der Waals surface area contributed by atoms with Crippen LogP contribution in [0.3, 0.4) is 0 Å². The lowest BCUT2D eigenvalue weighted by Crippen LogP contribution is -2.31. The van der Waals surface area contributed by atoms with Gasteiger partial charge in [-0.15, -0.1) is 0 Å². The van der Waals surface area contributed by atoms with Crippen molar-refractivity contribution in [3.63, 3.8) is 0 Å². The number of hydrogen-bond donors (Lipinski definition) is 0. The van der Waals surface area contributed by atoms with Gasteiger partial charge in [0.05, 0.1) is 39.0 Å². The first kappa shape index (κ1) is 35.4. The lowest BCUT2D eigenvalue weighted by Gasteiger charge is -2.34. The van der Waals surface area contributed by atoms with Gasteiger partial charge in [-0.3, -0.25) is 0 Å². The summed E-state index contributed by atoms with van der Waals surface area (Å²) in [5.41, 5.74) is 18.1. The maximum atomic E-state index is 5.48. The topological polar surface area (TPSA) is 22.8 Å². The minimum Gasteiger partial charge on any atom is -0.309 e. The summed E-state index contributed by atoms with van der Waals surface area (Å²) in [4.78, 5) is 5.48. The summed E-state index contributed by atoms with van der Waals surface area (Å²) in [6, 6.07) is 86.0. The van der Waals surface area contributed by atoms with Crippen molar-refractivity contribution in [2.75, 3.05) is 0 Å². The molecular formula is C59H39N4+. The molecular weight excluding hydrogens is 765 g/mol. The van der Waals surface area contributed by atoms with Gasteiger partial charge in [0, 0.05) is 69.2 Å². The van der Waals surface area contributed by atoms with Crippen molar-refractivity contribution in [1.82, 2.24) is 18.6 Å². The van der Waals surface area contributed by atoms with Crippen molar-refractivity contribution in [3.8, 4) is 45.0 Å². The van der Waals surface area contributed by atoms with Gasteiger partial charge in [0.2, 0.25) is 0 Å². The van der Waals surface area contributed by atoms with Gasteiger partial charge >= 0.3 is 0 Å². The van der Waals surface area contributed by atoms with Gasteiger partial charge in [-0.2, -0.15) is 4.48 Å². The van der Waals surface area contributed by atoms with Crippen molar-refractivity contribution in [3.05, 3.63) is 237 Å². The van der Waals surface area contributed by atoms with E-state index in [0.29, 0.717) is 4.48 Å². The number of hydrogen-bond acceptors (Lipinski definition) is 1. The highest BCUT2D eigenvalue weighted by Gasteiger charge is 2.49. The summed E-state index contributed by atoms with van der Waals surface area (Å²) < 4.78 is 5.19. The van der Waals surface area contributed by atoms with Crippen LogP contribution in [0.5, 0.6) is 0 Å². The third-order valence-corrected chi connectivity index (χ3v) is 13.2. The normalized spacial score (nSPS) is 14.4. The third-order valence-electron chi connectivity index (χ3n) is 13.2. The Bertz CT molecular complexity index is 3640. The number of aromatic nitrogens is 3. The number of para-hydroxylation sites is 5. The van der Waals surface area contributed by atoms with Crippen LogP contribution in [0.1, 0.15) is 0 Å². The maximum Gasteiger partial charge on any atom is 0.175 e. The van der Waals surface area contributed by atoms with Crippen LogP contribution in [0.4, 0.5) is 22.7 Å². The smallest absolute Gasteiger partial charge is 0.175 e. The molecule has 0 saturated carbocycles. The van der Waals surface area contributed by atoms with E-state index in [1.54, 1.807) is 0 Å². The Labute approximate surface area is 365 Å². The first-order valence-electron chi connectivity index (χ1n) is 21.6. The minimum absolute atomic E-state index is 0.389.